The van der Waals surface area contributed by atoms with Crippen LogP contribution in [0.5, 0.6) is 0 Å². The Bertz CT molecular complexity index is 1020. The van der Waals surface area contributed by atoms with Gasteiger partial charge < -0.3 is 10.2 Å². The molecule has 1 amide bonds. The van der Waals surface area contributed by atoms with Gasteiger partial charge in [0.15, 0.2) is 6.35 Å². The lowest BCUT2D eigenvalue weighted by molar-refractivity contribution is -0.137. The van der Waals surface area contributed by atoms with Gasteiger partial charge in [0.1, 0.15) is 6.07 Å². The number of rotatable bonds is 6. The van der Waals surface area contributed by atoms with Crippen molar-refractivity contribution in [3.8, 4) is 6.07 Å². The van der Waals surface area contributed by atoms with Gasteiger partial charge in [0, 0.05) is 32.4 Å². The van der Waals surface area contributed by atoms with Crippen LogP contribution < -0.4 is 0 Å². The van der Waals surface area contributed by atoms with Crippen molar-refractivity contribution in [2.75, 3.05) is 19.6 Å². The molecule has 2 atom stereocenters. The van der Waals surface area contributed by atoms with E-state index in [9.17, 15) is 15.0 Å². The summed E-state index contributed by atoms with van der Waals surface area (Å²) in [6.45, 7) is 5.95. The Morgan fingerprint density at radius 2 is 1.97 bits per heavy atom. The van der Waals surface area contributed by atoms with Crippen molar-refractivity contribution in [2.45, 2.75) is 51.4 Å². The summed E-state index contributed by atoms with van der Waals surface area (Å²) in [5, 5.41) is 30.7. The summed E-state index contributed by atoms with van der Waals surface area (Å²) in [4.78, 5) is 22.5. The SMILES string of the molecule is CC1(C)C(=O)N(Cc2ccc(C#N)cn2)C(O)N1CC(O)CN1CCc2ccccc2C1. The van der Waals surface area contributed by atoms with E-state index in [1.807, 2.05) is 12.1 Å². The van der Waals surface area contributed by atoms with Crippen LogP contribution in [-0.2, 0) is 24.3 Å². The van der Waals surface area contributed by atoms with E-state index in [0.29, 0.717) is 17.8 Å². The minimum atomic E-state index is -1.16. The smallest absolute Gasteiger partial charge is 0.246 e. The Hall–Kier alpha value is -2.83. The highest BCUT2D eigenvalue weighted by atomic mass is 16.3. The summed E-state index contributed by atoms with van der Waals surface area (Å²) >= 11 is 0. The van der Waals surface area contributed by atoms with Gasteiger partial charge in [-0.05, 0) is 43.5 Å². The van der Waals surface area contributed by atoms with Gasteiger partial charge in [-0.1, -0.05) is 24.3 Å². The van der Waals surface area contributed by atoms with Crippen LogP contribution in [0.4, 0.5) is 0 Å². The zero-order valence-electron chi connectivity index (χ0n) is 18.5. The Kier molecular flexibility index (Phi) is 6.26. The topological polar surface area (TPSA) is 104 Å². The number of aliphatic hydroxyl groups is 2. The van der Waals surface area contributed by atoms with Crippen LogP contribution in [0.15, 0.2) is 42.6 Å². The number of aliphatic hydroxyl groups excluding tert-OH is 2. The maximum absolute atomic E-state index is 13.0. The summed E-state index contributed by atoms with van der Waals surface area (Å²) in [6, 6.07) is 13.7. The zero-order chi connectivity index (χ0) is 22.9. The number of aromatic nitrogens is 1. The van der Waals surface area contributed by atoms with Crippen molar-refractivity contribution >= 4 is 5.91 Å². The molecule has 1 saturated heterocycles. The Morgan fingerprint density at radius 1 is 1.22 bits per heavy atom. The first kappa shape index (κ1) is 22.4. The molecule has 8 heteroatoms. The average Bonchev–Trinajstić information content (AvgIpc) is 2.94. The van der Waals surface area contributed by atoms with E-state index in [1.54, 1.807) is 30.9 Å². The summed E-state index contributed by atoms with van der Waals surface area (Å²) in [5.74, 6) is -0.227. The first-order chi connectivity index (χ1) is 15.3. The maximum atomic E-state index is 13.0. The standard InChI is InChI=1S/C24H29N5O3/c1-24(2)22(31)28(14-20-8-7-17(11-25)12-26-20)23(32)29(24)16-21(30)15-27-10-9-18-5-3-4-6-19(18)13-27/h3-8,12,21,23,30,32H,9-10,13-16H2,1-2H3. The molecule has 4 rings (SSSR count). The Labute approximate surface area is 188 Å². The number of hydrogen-bond donors (Lipinski definition) is 2. The van der Waals surface area contributed by atoms with Crippen LogP contribution in [0.1, 0.15) is 36.2 Å². The molecule has 2 aliphatic heterocycles. The number of nitrogens with zero attached hydrogens (tertiary/aromatic N) is 5. The van der Waals surface area contributed by atoms with E-state index < -0.39 is 18.0 Å². The van der Waals surface area contributed by atoms with Crippen LogP contribution in [0.25, 0.3) is 0 Å². The van der Waals surface area contributed by atoms with E-state index in [-0.39, 0.29) is 19.0 Å². The molecule has 32 heavy (non-hydrogen) atoms. The van der Waals surface area contributed by atoms with E-state index in [0.717, 1.165) is 19.5 Å². The lowest BCUT2D eigenvalue weighted by Crippen LogP contribution is -2.51. The van der Waals surface area contributed by atoms with Crippen molar-refractivity contribution in [1.29, 1.82) is 5.26 Å². The van der Waals surface area contributed by atoms with Crippen molar-refractivity contribution < 1.29 is 15.0 Å². The van der Waals surface area contributed by atoms with E-state index in [1.165, 1.54) is 22.2 Å². The maximum Gasteiger partial charge on any atom is 0.246 e. The molecule has 0 spiro atoms. The van der Waals surface area contributed by atoms with E-state index in [4.69, 9.17) is 5.26 Å². The van der Waals surface area contributed by atoms with Gasteiger partial charge in [-0.3, -0.25) is 19.6 Å². The molecule has 2 unspecified atom stereocenters. The van der Waals surface area contributed by atoms with Crippen molar-refractivity contribution in [2.24, 2.45) is 0 Å². The highest BCUT2D eigenvalue weighted by Gasteiger charge is 2.51. The summed E-state index contributed by atoms with van der Waals surface area (Å²) in [5.41, 5.74) is 2.70. The van der Waals surface area contributed by atoms with Crippen LogP contribution in [0.3, 0.4) is 0 Å². The number of nitriles is 1. The molecule has 0 bridgehead atoms. The molecular weight excluding hydrogens is 406 g/mol. The van der Waals surface area contributed by atoms with Crippen LogP contribution in [0, 0.1) is 11.3 Å². The van der Waals surface area contributed by atoms with Crippen molar-refractivity contribution in [3.63, 3.8) is 0 Å². The molecule has 1 aromatic carbocycles. The number of carbonyl (C=O) groups excluding carboxylic acids is 1. The molecule has 0 aliphatic carbocycles. The first-order valence-electron chi connectivity index (χ1n) is 10.9. The third kappa shape index (κ3) is 4.38. The summed E-state index contributed by atoms with van der Waals surface area (Å²) < 4.78 is 0. The second-order valence-electron chi connectivity index (χ2n) is 9.05. The first-order valence-corrected chi connectivity index (χ1v) is 10.9. The fourth-order valence-corrected chi connectivity index (χ4v) is 4.56. The highest BCUT2D eigenvalue weighted by molar-refractivity contribution is 5.87. The Balaban J connectivity index is 1.40. The predicted octanol–water partition coefficient (Wildman–Crippen LogP) is 1.07. The van der Waals surface area contributed by atoms with Crippen LogP contribution in [0.2, 0.25) is 0 Å². The zero-order valence-corrected chi connectivity index (χ0v) is 18.5. The largest absolute Gasteiger partial charge is 0.390 e. The third-order valence-electron chi connectivity index (χ3n) is 6.43. The number of carbonyl (C=O) groups is 1. The van der Waals surface area contributed by atoms with Gasteiger partial charge in [0.05, 0.1) is 29.4 Å². The van der Waals surface area contributed by atoms with E-state index >= 15 is 0 Å². The van der Waals surface area contributed by atoms with Crippen LogP contribution >= 0.6 is 0 Å². The number of β-amino-alcohol motifs (C(OH)–C–C–N with tert-alkyl or cyclic N) is 1. The van der Waals surface area contributed by atoms with Gasteiger partial charge in [-0.2, -0.15) is 5.26 Å². The molecule has 0 saturated carbocycles. The average molecular weight is 436 g/mol. The van der Waals surface area contributed by atoms with Gasteiger partial charge in [0.25, 0.3) is 0 Å². The van der Waals surface area contributed by atoms with Gasteiger partial charge in [-0.25, -0.2) is 4.90 Å². The number of fused-ring (bicyclic) bond motifs is 1. The number of hydrogen-bond acceptors (Lipinski definition) is 7. The second kappa shape index (κ2) is 8.96. The Morgan fingerprint density at radius 3 is 2.66 bits per heavy atom. The summed E-state index contributed by atoms with van der Waals surface area (Å²) in [6.07, 6.45) is 0.526. The monoisotopic (exact) mass is 435 g/mol. The second-order valence-corrected chi connectivity index (χ2v) is 9.05. The molecule has 2 N–H and O–H groups in total. The molecule has 3 heterocycles. The fourth-order valence-electron chi connectivity index (χ4n) is 4.56. The van der Waals surface area contributed by atoms with Crippen molar-refractivity contribution in [1.82, 2.24) is 19.7 Å². The normalized spacial score (nSPS) is 21.9. The lowest BCUT2D eigenvalue weighted by Gasteiger charge is -2.35. The molecule has 2 aromatic rings. The molecule has 0 radical (unpaired) electrons. The number of benzene rings is 1. The van der Waals surface area contributed by atoms with Gasteiger partial charge in [-0.15, -0.1) is 0 Å². The molecule has 168 valence electrons. The molecule has 1 aromatic heterocycles. The highest BCUT2D eigenvalue weighted by Crippen LogP contribution is 2.31. The molecule has 2 aliphatic rings. The molecular formula is C24H29N5O3. The number of amides is 1. The predicted molar refractivity (Wildman–Crippen MR) is 118 cm³/mol. The minimum Gasteiger partial charge on any atom is -0.390 e. The fraction of sp³-hybridized carbons (Fsp3) is 0.458. The molecule has 1 fully saturated rings. The van der Waals surface area contributed by atoms with Crippen LogP contribution in [-0.4, -0.2) is 73.4 Å². The quantitative estimate of drug-likeness (QED) is 0.700. The van der Waals surface area contributed by atoms with Crippen molar-refractivity contribution in [3.05, 3.63) is 65.0 Å². The summed E-state index contributed by atoms with van der Waals surface area (Å²) in [7, 11) is 0. The van der Waals surface area contributed by atoms with Gasteiger partial charge in [0.2, 0.25) is 5.91 Å². The molecule has 8 nitrogen and oxygen atoms in total. The lowest BCUT2D eigenvalue weighted by atomic mass is 9.99. The number of pyridine rings is 1. The van der Waals surface area contributed by atoms with E-state index in [2.05, 4.69) is 28.1 Å². The van der Waals surface area contributed by atoms with Gasteiger partial charge >= 0.3 is 0 Å². The third-order valence-corrected chi connectivity index (χ3v) is 6.43. The minimum absolute atomic E-state index is 0.130.